The van der Waals surface area contributed by atoms with Gasteiger partial charge in [0.2, 0.25) is 0 Å². The van der Waals surface area contributed by atoms with Gasteiger partial charge in [-0.25, -0.2) is 4.98 Å². The highest BCUT2D eigenvalue weighted by atomic mass is 32.1. The topological polar surface area (TPSA) is 100.0 Å². The fraction of sp³-hybridized carbons (Fsp3) is 0.233. The van der Waals surface area contributed by atoms with Crippen molar-refractivity contribution in [1.29, 1.82) is 0 Å². The van der Waals surface area contributed by atoms with Crippen LogP contribution >= 0.6 is 11.3 Å². The Morgan fingerprint density at radius 2 is 1.76 bits per heavy atom. The second-order valence-electron chi connectivity index (χ2n) is 9.64. The Kier molecular flexibility index (Phi) is 6.91. The zero-order valence-electron chi connectivity index (χ0n) is 21.3. The molecule has 1 aromatic heterocycles. The Hall–Kier alpha value is -4.17. The van der Waals surface area contributed by atoms with Gasteiger partial charge in [-0.3, -0.25) is 14.5 Å². The van der Waals surface area contributed by atoms with Crippen molar-refractivity contribution in [3.05, 3.63) is 89.0 Å². The van der Waals surface area contributed by atoms with E-state index in [0.29, 0.717) is 34.5 Å². The molecule has 1 amide bonds. The van der Waals surface area contributed by atoms with Crippen molar-refractivity contribution in [2.75, 3.05) is 11.5 Å². The number of nitrogens with zero attached hydrogens (tertiary/aromatic N) is 2. The fourth-order valence-corrected chi connectivity index (χ4v) is 5.46. The summed E-state index contributed by atoms with van der Waals surface area (Å²) in [5, 5.41) is 21.6. The summed E-state index contributed by atoms with van der Waals surface area (Å²) in [6, 6.07) is 18.0. The first kappa shape index (κ1) is 25.5. The number of thiazole rings is 1. The van der Waals surface area contributed by atoms with Crippen molar-refractivity contribution in [3.63, 3.8) is 0 Å². The second kappa shape index (κ2) is 10.3. The van der Waals surface area contributed by atoms with Crippen molar-refractivity contribution < 1.29 is 24.5 Å². The van der Waals surface area contributed by atoms with E-state index in [9.17, 15) is 19.8 Å². The summed E-state index contributed by atoms with van der Waals surface area (Å²) in [4.78, 5) is 32.8. The zero-order chi connectivity index (χ0) is 27.0. The maximum Gasteiger partial charge on any atom is 0.301 e. The van der Waals surface area contributed by atoms with Gasteiger partial charge in [0.25, 0.3) is 5.78 Å². The van der Waals surface area contributed by atoms with E-state index in [2.05, 4.69) is 25.8 Å². The molecule has 2 N–H and O–H groups in total. The quantitative estimate of drug-likeness (QED) is 0.168. The highest BCUT2D eigenvalue weighted by Crippen LogP contribution is 2.44. The lowest BCUT2D eigenvalue weighted by molar-refractivity contribution is -0.132. The standard InChI is InChI=1S/C30H28N2O5S/c1-4-18-5-14-23-24(15-18)38-30(31-23)32-26(19-6-10-21(33)11-7-19)25(28(35)29(32)36)27(34)20-8-12-22(13-9-20)37-16-17(2)3/h5-15,17,26,33-34H,4,16H2,1-3H3/b27-25+. The molecular formula is C30H28N2O5S. The molecule has 0 aliphatic carbocycles. The molecule has 7 nitrogen and oxygen atoms in total. The molecule has 38 heavy (non-hydrogen) atoms. The number of carbonyl (C=O) groups is 2. The van der Waals surface area contributed by atoms with Crippen molar-refractivity contribution in [3.8, 4) is 11.5 Å². The van der Waals surface area contributed by atoms with Crippen LogP contribution in [0, 0.1) is 5.92 Å². The molecule has 1 saturated heterocycles. The van der Waals surface area contributed by atoms with Gasteiger partial charge in [-0.1, -0.05) is 50.3 Å². The van der Waals surface area contributed by atoms with Gasteiger partial charge in [-0.05, 0) is 72.0 Å². The first-order valence-corrected chi connectivity index (χ1v) is 13.3. The number of aryl methyl sites for hydroxylation is 1. The van der Waals surface area contributed by atoms with E-state index in [0.717, 1.165) is 22.2 Å². The van der Waals surface area contributed by atoms with Gasteiger partial charge in [0.1, 0.15) is 17.3 Å². The van der Waals surface area contributed by atoms with Gasteiger partial charge < -0.3 is 14.9 Å². The summed E-state index contributed by atoms with van der Waals surface area (Å²) in [6.07, 6.45) is 0.864. The van der Waals surface area contributed by atoms with Gasteiger partial charge >= 0.3 is 5.91 Å². The number of anilines is 1. The molecule has 1 fully saturated rings. The molecule has 1 aliphatic heterocycles. The van der Waals surface area contributed by atoms with Gasteiger partial charge in [-0.2, -0.15) is 0 Å². The fourth-order valence-electron chi connectivity index (χ4n) is 4.41. The number of ether oxygens (including phenoxy) is 1. The van der Waals surface area contributed by atoms with Gasteiger partial charge in [-0.15, -0.1) is 0 Å². The Morgan fingerprint density at radius 3 is 2.42 bits per heavy atom. The number of aliphatic hydroxyl groups excluding tert-OH is 1. The molecule has 0 bridgehead atoms. The molecule has 0 radical (unpaired) electrons. The minimum absolute atomic E-state index is 0.0370. The molecule has 0 spiro atoms. The SMILES string of the molecule is CCc1ccc2nc(N3C(=O)C(=O)/C(=C(/O)c4ccc(OCC(C)C)cc4)C3c3ccc(O)cc3)sc2c1. The molecule has 2 heterocycles. The molecule has 1 unspecified atom stereocenters. The van der Waals surface area contributed by atoms with E-state index >= 15 is 0 Å². The van der Waals surface area contributed by atoms with Gasteiger partial charge in [0.05, 0.1) is 28.4 Å². The van der Waals surface area contributed by atoms with Crippen LogP contribution in [0.3, 0.4) is 0 Å². The summed E-state index contributed by atoms with van der Waals surface area (Å²) in [5.41, 5.74) is 2.79. The van der Waals surface area contributed by atoms with E-state index in [1.54, 1.807) is 36.4 Å². The molecule has 0 saturated carbocycles. The lowest BCUT2D eigenvalue weighted by Gasteiger charge is -2.23. The number of hydrogen-bond donors (Lipinski definition) is 2. The highest BCUT2D eigenvalue weighted by Gasteiger charge is 2.48. The third-order valence-electron chi connectivity index (χ3n) is 6.42. The molecule has 5 rings (SSSR count). The van der Waals surface area contributed by atoms with Crippen LogP contribution in [0.4, 0.5) is 5.13 Å². The third-order valence-corrected chi connectivity index (χ3v) is 7.44. The van der Waals surface area contributed by atoms with Crippen molar-refractivity contribution >= 4 is 44.1 Å². The minimum atomic E-state index is -0.918. The number of rotatable bonds is 7. The maximum absolute atomic E-state index is 13.4. The predicted molar refractivity (Wildman–Crippen MR) is 149 cm³/mol. The predicted octanol–water partition coefficient (Wildman–Crippen LogP) is 6.23. The summed E-state index contributed by atoms with van der Waals surface area (Å²) >= 11 is 1.32. The number of carbonyl (C=O) groups excluding carboxylic acids is 2. The number of ketones is 1. The molecule has 3 aromatic carbocycles. The molecular weight excluding hydrogens is 500 g/mol. The van der Waals surface area contributed by atoms with Crippen LogP contribution in [0.1, 0.15) is 43.5 Å². The molecule has 1 atom stereocenters. The average Bonchev–Trinajstić information content (AvgIpc) is 3.45. The van der Waals surface area contributed by atoms with E-state index in [-0.39, 0.29) is 17.1 Å². The first-order chi connectivity index (χ1) is 18.3. The van der Waals surface area contributed by atoms with E-state index < -0.39 is 17.7 Å². The normalized spacial score (nSPS) is 17.1. The third kappa shape index (κ3) is 4.75. The van der Waals surface area contributed by atoms with Crippen LogP contribution in [0.2, 0.25) is 0 Å². The summed E-state index contributed by atoms with van der Waals surface area (Å²) < 4.78 is 6.64. The Morgan fingerprint density at radius 1 is 1.05 bits per heavy atom. The number of amides is 1. The number of hydrogen-bond acceptors (Lipinski definition) is 7. The lowest BCUT2D eigenvalue weighted by Crippen LogP contribution is -2.29. The van der Waals surface area contributed by atoms with Gasteiger partial charge in [0.15, 0.2) is 5.13 Å². The van der Waals surface area contributed by atoms with Crippen LogP contribution < -0.4 is 9.64 Å². The van der Waals surface area contributed by atoms with E-state index in [1.807, 2.05) is 18.2 Å². The Bertz CT molecular complexity index is 1540. The van der Waals surface area contributed by atoms with E-state index in [4.69, 9.17) is 4.74 Å². The Balaban J connectivity index is 1.61. The van der Waals surface area contributed by atoms with Crippen LogP contribution in [0.25, 0.3) is 16.0 Å². The van der Waals surface area contributed by atoms with Gasteiger partial charge in [0, 0.05) is 5.56 Å². The van der Waals surface area contributed by atoms with Crippen LogP contribution in [0.15, 0.2) is 72.3 Å². The van der Waals surface area contributed by atoms with Crippen molar-refractivity contribution in [1.82, 2.24) is 4.98 Å². The maximum atomic E-state index is 13.4. The molecule has 4 aromatic rings. The number of phenols is 1. The smallest absolute Gasteiger partial charge is 0.301 e. The monoisotopic (exact) mass is 528 g/mol. The number of phenolic OH excluding ortho intramolecular Hbond substituents is 1. The zero-order valence-corrected chi connectivity index (χ0v) is 22.2. The number of aromatic nitrogens is 1. The van der Waals surface area contributed by atoms with E-state index in [1.165, 1.54) is 28.4 Å². The summed E-state index contributed by atoms with van der Waals surface area (Å²) in [6.45, 7) is 6.72. The minimum Gasteiger partial charge on any atom is -0.508 e. The first-order valence-electron chi connectivity index (χ1n) is 12.5. The van der Waals surface area contributed by atoms with Crippen LogP contribution in [-0.4, -0.2) is 33.5 Å². The highest BCUT2D eigenvalue weighted by molar-refractivity contribution is 7.22. The number of Topliss-reactive ketones (excluding diaryl/α,β-unsaturated/α-hetero) is 1. The number of aromatic hydroxyl groups is 1. The van der Waals surface area contributed by atoms with Crippen LogP contribution in [-0.2, 0) is 16.0 Å². The molecule has 1 aliphatic rings. The second-order valence-corrected chi connectivity index (χ2v) is 10.7. The largest absolute Gasteiger partial charge is 0.508 e. The molecule has 194 valence electrons. The number of fused-ring (bicyclic) bond motifs is 1. The van der Waals surface area contributed by atoms with Crippen molar-refractivity contribution in [2.24, 2.45) is 5.92 Å². The van der Waals surface area contributed by atoms with Crippen LogP contribution in [0.5, 0.6) is 11.5 Å². The van der Waals surface area contributed by atoms with Crippen molar-refractivity contribution in [2.45, 2.75) is 33.2 Å². The average molecular weight is 529 g/mol. The lowest BCUT2D eigenvalue weighted by atomic mass is 9.95. The summed E-state index contributed by atoms with van der Waals surface area (Å²) in [5.74, 6) is -0.791. The number of benzene rings is 3. The summed E-state index contributed by atoms with van der Waals surface area (Å²) in [7, 11) is 0. The molecule has 8 heteroatoms. The Labute approximate surface area is 224 Å². The number of aliphatic hydroxyl groups is 1.